The Kier molecular flexibility index (Phi) is 4.93. The summed E-state index contributed by atoms with van der Waals surface area (Å²) in [6, 6.07) is 4.31. The van der Waals surface area contributed by atoms with Gasteiger partial charge in [-0.2, -0.15) is 4.39 Å². The largest absolute Gasteiger partial charge is 0.327 e. The second-order valence-electron chi connectivity index (χ2n) is 6.49. The molecule has 0 saturated heterocycles. The molecular weight excluding hydrogens is 271 g/mol. The van der Waals surface area contributed by atoms with Crippen LogP contribution in [0.15, 0.2) is 18.2 Å². The molecule has 0 aromatic heterocycles. The van der Waals surface area contributed by atoms with Crippen molar-refractivity contribution in [2.45, 2.75) is 45.6 Å². The summed E-state index contributed by atoms with van der Waals surface area (Å²) < 4.78 is 13.7. The predicted molar refractivity (Wildman–Crippen MR) is 80.4 cm³/mol. The summed E-state index contributed by atoms with van der Waals surface area (Å²) in [5, 5.41) is 10.6. The van der Waals surface area contributed by atoms with Gasteiger partial charge in [-0.25, -0.2) is 0 Å². The molecule has 1 aromatic carbocycles. The lowest BCUT2D eigenvalue weighted by molar-refractivity contribution is -0.387. The van der Waals surface area contributed by atoms with E-state index in [0.29, 0.717) is 24.2 Å². The highest BCUT2D eigenvalue weighted by atomic mass is 19.1. The molecule has 1 aliphatic rings. The minimum Gasteiger partial charge on any atom is -0.327 e. The molecule has 2 N–H and O–H groups in total. The molecule has 0 radical (unpaired) electrons. The Bertz CT molecular complexity index is 519. The number of halogens is 1. The summed E-state index contributed by atoms with van der Waals surface area (Å²) in [6.45, 7) is 4.45. The Morgan fingerprint density at radius 1 is 1.43 bits per heavy atom. The van der Waals surface area contributed by atoms with Crippen LogP contribution >= 0.6 is 0 Å². The van der Waals surface area contributed by atoms with Crippen LogP contribution in [0.5, 0.6) is 0 Å². The molecule has 0 amide bonds. The fourth-order valence-corrected chi connectivity index (χ4v) is 3.29. The van der Waals surface area contributed by atoms with Gasteiger partial charge in [-0.1, -0.05) is 19.9 Å². The van der Waals surface area contributed by atoms with E-state index in [4.69, 9.17) is 5.73 Å². The van der Waals surface area contributed by atoms with E-state index in [9.17, 15) is 14.5 Å². The van der Waals surface area contributed by atoms with E-state index in [1.54, 1.807) is 6.07 Å². The number of hydrogen-bond donors (Lipinski definition) is 1. The van der Waals surface area contributed by atoms with Crippen molar-refractivity contribution in [1.82, 2.24) is 0 Å². The van der Waals surface area contributed by atoms with E-state index in [1.807, 2.05) is 0 Å². The van der Waals surface area contributed by atoms with E-state index in [0.717, 1.165) is 24.8 Å². The Balaban J connectivity index is 2.09. The zero-order chi connectivity index (χ0) is 15.6. The molecule has 1 fully saturated rings. The molecule has 0 aliphatic heterocycles. The average Bonchev–Trinajstić information content (AvgIpc) is 2.40. The van der Waals surface area contributed by atoms with Crippen molar-refractivity contribution < 1.29 is 9.31 Å². The molecular formula is C16H23FN2O2. The number of nitrogens with zero attached hydrogens (tertiary/aromatic N) is 1. The molecule has 0 spiro atoms. The van der Waals surface area contributed by atoms with E-state index in [2.05, 4.69) is 13.8 Å². The molecule has 3 unspecified atom stereocenters. The van der Waals surface area contributed by atoms with Gasteiger partial charge in [0.2, 0.25) is 5.82 Å². The summed E-state index contributed by atoms with van der Waals surface area (Å²) in [6.07, 6.45) is 3.91. The first-order valence-corrected chi connectivity index (χ1v) is 7.57. The van der Waals surface area contributed by atoms with Crippen LogP contribution in [0.25, 0.3) is 0 Å². The molecule has 3 atom stereocenters. The third-order valence-electron chi connectivity index (χ3n) is 4.73. The van der Waals surface area contributed by atoms with Crippen LogP contribution in [0.3, 0.4) is 0 Å². The van der Waals surface area contributed by atoms with Crippen molar-refractivity contribution in [3.8, 4) is 0 Å². The molecule has 0 heterocycles. The van der Waals surface area contributed by atoms with Gasteiger partial charge in [0.1, 0.15) is 0 Å². The zero-order valence-corrected chi connectivity index (χ0v) is 12.6. The molecule has 1 aromatic rings. The highest BCUT2D eigenvalue weighted by Crippen LogP contribution is 2.35. The maximum Gasteiger partial charge on any atom is 0.304 e. The van der Waals surface area contributed by atoms with Crippen molar-refractivity contribution in [1.29, 1.82) is 0 Å². The Labute approximate surface area is 124 Å². The maximum atomic E-state index is 13.7. The third kappa shape index (κ3) is 3.79. The van der Waals surface area contributed by atoms with Gasteiger partial charge < -0.3 is 5.73 Å². The second-order valence-corrected chi connectivity index (χ2v) is 6.49. The van der Waals surface area contributed by atoms with Gasteiger partial charge in [-0.05, 0) is 55.1 Å². The monoisotopic (exact) mass is 294 g/mol. The number of nitro benzene ring substituents is 1. The predicted octanol–water partition coefficient (Wildman–Crippen LogP) is 3.68. The van der Waals surface area contributed by atoms with Crippen LogP contribution in [0, 0.1) is 33.7 Å². The Hall–Kier alpha value is -1.49. The van der Waals surface area contributed by atoms with Crippen molar-refractivity contribution in [3.63, 3.8) is 0 Å². The van der Waals surface area contributed by atoms with Gasteiger partial charge in [0, 0.05) is 12.1 Å². The van der Waals surface area contributed by atoms with Gasteiger partial charge in [-0.15, -0.1) is 0 Å². The van der Waals surface area contributed by atoms with Crippen molar-refractivity contribution in [2.75, 3.05) is 0 Å². The Morgan fingerprint density at radius 2 is 2.14 bits per heavy atom. The molecule has 2 rings (SSSR count). The van der Waals surface area contributed by atoms with Crippen LogP contribution in [-0.4, -0.2) is 11.0 Å². The van der Waals surface area contributed by atoms with E-state index < -0.39 is 16.4 Å². The molecule has 1 saturated carbocycles. The minimum atomic E-state index is -0.762. The van der Waals surface area contributed by atoms with Gasteiger partial charge in [0.15, 0.2) is 0 Å². The first kappa shape index (κ1) is 15.9. The van der Waals surface area contributed by atoms with E-state index in [1.165, 1.54) is 12.1 Å². The van der Waals surface area contributed by atoms with Gasteiger partial charge in [0.05, 0.1) is 4.92 Å². The molecule has 116 valence electrons. The molecule has 5 heteroatoms. The van der Waals surface area contributed by atoms with Crippen LogP contribution in [0.2, 0.25) is 0 Å². The fourth-order valence-electron chi connectivity index (χ4n) is 3.29. The first-order chi connectivity index (χ1) is 9.88. The fraction of sp³-hybridized carbons (Fsp3) is 0.625. The normalized spacial score (nSPS) is 26.0. The van der Waals surface area contributed by atoms with Crippen LogP contribution < -0.4 is 5.73 Å². The lowest BCUT2D eigenvalue weighted by Crippen LogP contribution is -2.38. The Morgan fingerprint density at radius 3 is 2.71 bits per heavy atom. The lowest BCUT2D eigenvalue weighted by atomic mass is 9.72. The SMILES string of the molecule is CC(C)C1CCC(N)C(Cc2ccc([N+](=O)[O-])c(F)c2)C1. The van der Waals surface area contributed by atoms with Crippen molar-refractivity contribution in [3.05, 3.63) is 39.7 Å². The first-order valence-electron chi connectivity index (χ1n) is 7.57. The number of hydrogen-bond acceptors (Lipinski definition) is 3. The summed E-state index contributed by atoms with van der Waals surface area (Å²) in [4.78, 5) is 9.94. The molecule has 21 heavy (non-hydrogen) atoms. The van der Waals surface area contributed by atoms with Gasteiger partial charge >= 0.3 is 5.69 Å². The number of nitrogens with two attached hydrogens (primary N) is 1. The molecule has 4 nitrogen and oxygen atoms in total. The number of rotatable bonds is 4. The standard InChI is InChI=1S/C16H23FN2O2/c1-10(2)12-4-5-15(18)13(9-12)7-11-3-6-16(19(20)21)14(17)8-11/h3,6,8,10,12-13,15H,4-5,7,9,18H2,1-2H3. The van der Waals surface area contributed by atoms with Crippen LogP contribution in [0.4, 0.5) is 10.1 Å². The van der Waals surface area contributed by atoms with Crippen LogP contribution in [-0.2, 0) is 6.42 Å². The summed E-state index contributed by atoms with van der Waals surface area (Å²) >= 11 is 0. The van der Waals surface area contributed by atoms with Gasteiger partial charge in [-0.3, -0.25) is 10.1 Å². The number of nitro groups is 1. The third-order valence-corrected chi connectivity index (χ3v) is 4.73. The van der Waals surface area contributed by atoms with E-state index >= 15 is 0 Å². The highest BCUT2D eigenvalue weighted by Gasteiger charge is 2.30. The van der Waals surface area contributed by atoms with E-state index in [-0.39, 0.29) is 6.04 Å². The summed E-state index contributed by atoms with van der Waals surface area (Å²) in [5.41, 5.74) is 6.53. The number of benzene rings is 1. The van der Waals surface area contributed by atoms with Crippen molar-refractivity contribution >= 4 is 5.69 Å². The van der Waals surface area contributed by atoms with Crippen LogP contribution in [0.1, 0.15) is 38.7 Å². The maximum absolute atomic E-state index is 13.7. The molecule has 1 aliphatic carbocycles. The smallest absolute Gasteiger partial charge is 0.304 e. The summed E-state index contributed by atoms with van der Waals surface area (Å²) in [5.74, 6) is 0.862. The van der Waals surface area contributed by atoms with Gasteiger partial charge in [0.25, 0.3) is 0 Å². The lowest BCUT2D eigenvalue weighted by Gasteiger charge is -2.36. The minimum absolute atomic E-state index is 0.137. The highest BCUT2D eigenvalue weighted by molar-refractivity contribution is 5.35. The molecule has 0 bridgehead atoms. The zero-order valence-electron chi connectivity index (χ0n) is 12.6. The second kappa shape index (κ2) is 6.52. The summed E-state index contributed by atoms with van der Waals surface area (Å²) in [7, 11) is 0. The topological polar surface area (TPSA) is 69.2 Å². The quantitative estimate of drug-likeness (QED) is 0.680. The average molecular weight is 294 g/mol. The van der Waals surface area contributed by atoms with Crippen molar-refractivity contribution in [2.24, 2.45) is 23.5 Å².